The lowest BCUT2D eigenvalue weighted by Crippen LogP contribution is -2.03. The van der Waals surface area contributed by atoms with Crippen LogP contribution >= 0.6 is 11.8 Å². The molecule has 19 heavy (non-hydrogen) atoms. The molecule has 0 unspecified atom stereocenters. The number of carbonyl (C=O) groups is 1. The molecule has 0 amide bonds. The van der Waals surface area contributed by atoms with Crippen LogP contribution in [-0.4, -0.2) is 20.9 Å². The number of aromatic carboxylic acids is 1. The summed E-state index contributed by atoms with van der Waals surface area (Å²) >= 11 is 1.69. The summed E-state index contributed by atoms with van der Waals surface area (Å²) in [5.41, 5.74) is 3.54. The highest BCUT2D eigenvalue weighted by Gasteiger charge is 2.14. The molecular weight excluding hydrogens is 260 g/mol. The first-order valence-corrected chi connectivity index (χ1v) is 7.11. The molecule has 0 aliphatic carbocycles. The maximum Gasteiger partial charge on any atom is 0.339 e. The fraction of sp³-hybridized carbons (Fsp3) is 0.286. The smallest absolute Gasteiger partial charge is 0.339 e. The number of hydrogen-bond donors (Lipinski definition) is 1. The van der Waals surface area contributed by atoms with Gasteiger partial charge in [-0.2, -0.15) is 16.9 Å². The molecule has 1 aromatic heterocycles. The molecule has 0 atom stereocenters. The van der Waals surface area contributed by atoms with Crippen LogP contribution in [0, 0.1) is 6.92 Å². The summed E-state index contributed by atoms with van der Waals surface area (Å²) in [6.45, 7) is 2.07. The van der Waals surface area contributed by atoms with Gasteiger partial charge in [0.25, 0.3) is 0 Å². The molecule has 0 fully saturated rings. The Balaban J connectivity index is 2.00. The average Bonchev–Trinajstić information content (AvgIpc) is 2.71. The first-order chi connectivity index (χ1) is 9.08. The summed E-state index contributed by atoms with van der Waals surface area (Å²) in [5.74, 6) is 0.595. The first kappa shape index (κ1) is 13.7. The highest BCUT2D eigenvalue weighted by atomic mass is 32.2. The van der Waals surface area contributed by atoms with Gasteiger partial charge in [-0.25, -0.2) is 4.79 Å². The highest BCUT2D eigenvalue weighted by molar-refractivity contribution is 7.97. The fourth-order valence-electron chi connectivity index (χ4n) is 1.88. The van der Waals surface area contributed by atoms with Crippen molar-refractivity contribution in [3.05, 3.63) is 52.8 Å². The van der Waals surface area contributed by atoms with Crippen LogP contribution in [-0.2, 0) is 18.6 Å². The number of nitrogens with zero attached hydrogens (tertiary/aromatic N) is 2. The van der Waals surface area contributed by atoms with Crippen LogP contribution in [0.15, 0.2) is 30.5 Å². The molecule has 1 aromatic carbocycles. The van der Waals surface area contributed by atoms with Crippen molar-refractivity contribution >= 4 is 17.7 Å². The van der Waals surface area contributed by atoms with E-state index in [2.05, 4.69) is 30.2 Å². The lowest BCUT2D eigenvalue weighted by atomic mass is 10.2. The standard InChI is InChI=1S/C14H16N2O2S/c1-10-4-3-5-11(6-10)8-19-9-13-12(14(17)18)7-15-16(13)2/h3-7H,8-9H2,1-2H3,(H,17,18). The quantitative estimate of drug-likeness (QED) is 0.912. The number of benzene rings is 1. The second kappa shape index (κ2) is 5.93. The van der Waals surface area contributed by atoms with Gasteiger partial charge in [0, 0.05) is 18.6 Å². The van der Waals surface area contributed by atoms with Gasteiger partial charge in [0.15, 0.2) is 0 Å². The van der Waals surface area contributed by atoms with Gasteiger partial charge < -0.3 is 5.11 Å². The molecule has 1 N–H and O–H groups in total. The fourth-order valence-corrected chi connectivity index (χ4v) is 2.93. The number of thioether (sulfide) groups is 1. The number of hydrogen-bond acceptors (Lipinski definition) is 3. The Morgan fingerprint density at radius 2 is 2.21 bits per heavy atom. The zero-order valence-corrected chi connectivity index (χ0v) is 11.8. The van der Waals surface area contributed by atoms with Gasteiger partial charge >= 0.3 is 5.97 Å². The van der Waals surface area contributed by atoms with Crippen molar-refractivity contribution in [3.63, 3.8) is 0 Å². The summed E-state index contributed by atoms with van der Waals surface area (Å²) in [4.78, 5) is 11.1. The van der Waals surface area contributed by atoms with Gasteiger partial charge in [-0.1, -0.05) is 29.8 Å². The Hall–Kier alpha value is -1.75. The van der Waals surface area contributed by atoms with Crippen LogP contribution in [0.1, 0.15) is 27.2 Å². The molecule has 0 bridgehead atoms. The first-order valence-electron chi connectivity index (χ1n) is 5.95. The lowest BCUT2D eigenvalue weighted by molar-refractivity contribution is 0.0696. The number of aromatic nitrogens is 2. The van der Waals surface area contributed by atoms with Crippen molar-refractivity contribution in [2.75, 3.05) is 0 Å². The van der Waals surface area contributed by atoms with Crippen LogP contribution in [0.5, 0.6) is 0 Å². The maximum atomic E-state index is 11.1. The summed E-state index contributed by atoms with van der Waals surface area (Å²) in [5, 5.41) is 13.1. The second-order valence-electron chi connectivity index (χ2n) is 4.42. The summed E-state index contributed by atoms with van der Waals surface area (Å²) in [7, 11) is 1.77. The number of rotatable bonds is 5. The van der Waals surface area contributed by atoms with Crippen LogP contribution in [0.2, 0.25) is 0 Å². The largest absolute Gasteiger partial charge is 0.478 e. The van der Waals surface area contributed by atoms with Crippen LogP contribution in [0.25, 0.3) is 0 Å². The molecule has 5 heteroatoms. The van der Waals surface area contributed by atoms with E-state index in [9.17, 15) is 4.79 Å². The van der Waals surface area contributed by atoms with Crippen LogP contribution in [0.3, 0.4) is 0 Å². The minimum atomic E-state index is -0.917. The van der Waals surface area contributed by atoms with E-state index in [0.29, 0.717) is 11.3 Å². The lowest BCUT2D eigenvalue weighted by Gasteiger charge is -2.05. The number of carboxylic acids is 1. The molecule has 0 saturated heterocycles. The summed E-state index contributed by atoms with van der Waals surface area (Å²) in [6.07, 6.45) is 1.41. The van der Waals surface area contributed by atoms with Gasteiger partial charge in [-0.3, -0.25) is 4.68 Å². The molecule has 0 radical (unpaired) electrons. The van der Waals surface area contributed by atoms with E-state index in [1.54, 1.807) is 23.5 Å². The molecule has 0 spiro atoms. The van der Waals surface area contributed by atoms with E-state index in [1.807, 2.05) is 6.07 Å². The minimum absolute atomic E-state index is 0.291. The predicted octanol–water partition coefficient (Wildman–Crippen LogP) is 2.86. The van der Waals surface area contributed by atoms with Gasteiger partial charge in [-0.15, -0.1) is 0 Å². The third-order valence-corrected chi connectivity index (χ3v) is 3.90. The summed E-state index contributed by atoms with van der Waals surface area (Å²) < 4.78 is 1.63. The highest BCUT2D eigenvalue weighted by Crippen LogP contribution is 2.20. The van der Waals surface area contributed by atoms with Crippen LogP contribution < -0.4 is 0 Å². The number of aryl methyl sites for hydroxylation is 2. The second-order valence-corrected chi connectivity index (χ2v) is 5.40. The van der Waals surface area contributed by atoms with E-state index in [-0.39, 0.29) is 0 Å². The van der Waals surface area contributed by atoms with Crippen LogP contribution in [0.4, 0.5) is 0 Å². The molecule has 2 aromatic rings. The van der Waals surface area contributed by atoms with Crippen molar-refractivity contribution in [2.24, 2.45) is 7.05 Å². The van der Waals surface area contributed by atoms with Crippen molar-refractivity contribution in [2.45, 2.75) is 18.4 Å². The minimum Gasteiger partial charge on any atom is -0.478 e. The molecule has 0 aliphatic heterocycles. The maximum absolute atomic E-state index is 11.1. The summed E-state index contributed by atoms with van der Waals surface area (Å²) in [6, 6.07) is 8.34. The van der Waals surface area contributed by atoms with E-state index < -0.39 is 5.97 Å². The van der Waals surface area contributed by atoms with Crippen molar-refractivity contribution in [1.29, 1.82) is 0 Å². The molecule has 4 nitrogen and oxygen atoms in total. The third-order valence-electron chi connectivity index (χ3n) is 2.88. The SMILES string of the molecule is Cc1cccc(CSCc2c(C(=O)O)cnn2C)c1. The van der Waals surface area contributed by atoms with Crippen molar-refractivity contribution in [3.8, 4) is 0 Å². The molecule has 100 valence electrons. The molecule has 0 saturated carbocycles. The molecule has 2 rings (SSSR count). The van der Waals surface area contributed by atoms with E-state index in [4.69, 9.17) is 5.11 Å². The van der Waals surface area contributed by atoms with E-state index in [0.717, 1.165) is 11.4 Å². The Morgan fingerprint density at radius 1 is 1.42 bits per heavy atom. The van der Waals surface area contributed by atoms with E-state index in [1.165, 1.54) is 17.3 Å². The predicted molar refractivity (Wildman–Crippen MR) is 76.3 cm³/mol. The Kier molecular flexibility index (Phi) is 4.27. The topological polar surface area (TPSA) is 55.1 Å². The Bertz CT molecular complexity index is 593. The monoisotopic (exact) mass is 276 g/mol. The van der Waals surface area contributed by atoms with Crippen molar-refractivity contribution in [1.82, 2.24) is 9.78 Å². The van der Waals surface area contributed by atoms with Gasteiger partial charge in [0.1, 0.15) is 5.56 Å². The normalized spacial score (nSPS) is 10.6. The molecular formula is C14H16N2O2S. The molecule has 0 aliphatic rings. The zero-order valence-electron chi connectivity index (χ0n) is 11.0. The molecule has 1 heterocycles. The Labute approximate surface area is 116 Å². The zero-order chi connectivity index (χ0) is 13.8. The van der Waals surface area contributed by atoms with Gasteiger partial charge in [0.2, 0.25) is 0 Å². The van der Waals surface area contributed by atoms with Gasteiger partial charge in [-0.05, 0) is 12.5 Å². The van der Waals surface area contributed by atoms with Crippen molar-refractivity contribution < 1.29 is 9.90 Å². The number of carboxylic acid groups (broad SMARTS) is 1. The van der Waals surface area contributed by atoms with E-state index >= 15 is 0 Å². The average molecular weight is 276 g/mol. The third kappa shape index (κ3) is 3.38. The van der Waals surface area contributed by atoms with Gasteiger partial charge in [0.05, 0.1) is 11.9 Å². The Morgan fingerprint density at radius 3 is 2.89 bits per heavy atom.